The van der Waals surface area contributed by atoms with Gasteiger partial charge in [0.25, 0.3) is 0 Å². The van der Waals surface area contributed by atoms with E-state index in [4.69, 9.17) is 0 Å². The summed E-state index contributed by atoms with van der Waals surface area (Å²) < 4.78 is 14.0. The molecule has 2 aliphatic rings. The number of piperazine rings is 1. The lowest BCUT2D eigenvalue weighted by Crippen LogP contribution is -2.66. The maximum atomic E-state index is 13.4. The highest BCUT2D eigenvalue weighted by atomic mass is 79.9. The van der Waals surface area contributed by atoms with Crippen molar-refractivity contribution in [3.63, 3.8) is 0 Å². The van der Waals surface area contributed by atoms with E-state index in [1.54, 1.807) is 6.07 Å². The fourth-order valence-electron chi connectivity index (χ4n) is 3.67. The molecule has 1 saturated heterocycles. The highest BCUT2D eigenvalue weighted by Gasteiger charge is 2.43. The third kappa shape index (κ3) is 3.17. The molecular formula is C17H24BrFN2. The Morgan fingerprint density at radius 1 is 1.29 bits per heavy atom. The first-order valence-electron chi connectivity index (χ1n) is 7.84. The van der Waals surface area contributed by atoms with Gasteiger partial charge in [0.05, 0.1) is 4.47 Å². The maximum Gasteiger partial charge on any atom is 0.137 e. The molecule has 1 spiro atoms. The first-order valence-corrected chi connectivity index (χ1v) is 8.64. The summed E-state index contributed by atoms with van der Waals surface area (Å²) in [5.41, 5.74) is 1.62. The largest absolute Gasteiger partial charge is 0.308 e. The van der Waals surface area contributed by atoms with Crippen molar-refractivity contribution in [2.24, 2.45) is 0 Å². The zero-order valence-corrected chi connectivity index (χ0v) is 14.5. The van der Waals surface area contributed by atoms with Crippen molar-refractivity contribution >= 4 is 15.9 Å². The maximum absolute atomic E-state index is 13.4. The predicted molar refractivity (Wildman–Crippen MR) is 87.8 cm³/mol. The molecule has 3 rings (SSSR count). The molecule has 2 fully saturated rings. The predicted octanol–water partition coefficient (Wildman–Crippen LogP) is 4.08. The molecule has 1 N–H and O–H groups in total. The average molecular weight is 355 g/mol. The number of halogens is 2. The molecule has 1 aromatic carbocycles. The molecule has 0 radical (unpaired) electrons. The van der Waals surface area contributed by atoms with Gasteiger partial charge in [-0.15, -0.1) is 0 Å². The minimum absolute atomic E-state index is 0.134. The Morgan fingerprint density at radius 3 is 2.67 bits per heavy atom. The number of benzene rings is 1. The van der Waals surface area contributed by atoms with Crippen molar-refractivity contribution in [2.75, 3.05) is 13.1 Å². The second-order valence-electron chi connectivity index (χ2n) is 7.26. The van der Waals surface area contributed by atoms with Crippen molar-refractivity contribution in [2.45, 2.75) is 57.2 Å². The fraction of sp³-hybridized carbons (Fsp3) is 0.647. The molecular weight excluding hydrogens is 331 g/mol. The number of hydrogen-bond donors (Lipinski definition) is 1. The van der Waals surface area contributed by atoms with Crippen LogP contribution in [0.25, 0.3) is 0 Å². The Labute approximate surface area is 135 Å². The van der Waals surface area contributed by atoms with Gasteiger partial charge in [-0.3, -0.25) is 4.90 Å². The summed E-state index contributed by atoms with van der Waals surface area (Å²) in [5, 5.41) is 3.81. The first-order chi connectivity index (χ1) is 9.90. The van der Waals surface area contributed by atoms with Crippen LogP contribution in [0.15, 0.2) is 22.7 Å². The van der Waals surface area contributed by atoms with Gasteiger partial charge in [-0.1, -0.05) is 18.9 Å². The van der Waals surface area contributed by atoms with Gasteiger partial charge >= 0.3 is 0 Å². The lowest BCUT2D eigenvalue weighted by molar-refractivity contribution is 0.0217. The van der Waals surface area contributed by atoms with Crippen LogP contribution in [0.2, 0.25) is 0 Å². The van der Waals surface area contributed by atoms with E-state index < -0.39 is 0 Å². The number of hydrogen-bond acceptors (Lipinski definition) is 2. The zero-order valence-electron chi connectivity index (χ0n) is 12.9. The Hall–Kier alpha value is -0.450. The molecule has 1 saturated carbocycles. The van der Waals surface area contributed by atoms with E-state index >= 15 is 0 Å². The molecule has 0 atom stereocenters. The van der Waals surface area contributed by atoms with Crippen LogP contribution < -0.4 is 5.32 Å². The van der Waals surface area contributed by atoms with Gasteiger partial charge in [-0.2, -0.15) is 0 Å². The molecule has 2 nitrogen and oxygen atoms in total. The lowest BCUT2D eigenvalue weighted by atomic mass is 9.87. The Bertz CT molecular complexity index is 524. The van der Waals surface area contributed by atoms with Gasteiger partial charge in [0, 0.05) is 30.7 Å². The normalized spacial score (nSPS) is 24.6. The topological polar surface area (TPSA) is 15.3 Å². The smallest absolute Gasteiger partial charge is 0.137 e. The van der Waals surface area contributed by atoms with Crippen LogP contribution in [-0.2, 0) is 6.54 Å². The van der Waals surface area contributed by atoms with E-state index in [0.29, 0.717) is 10.0 Å². The van der Waals surface area contributed by atoms with Crippen LogP contribution in [0.4, 0.5) is 4.39 Å². The van der Waals surface area contributed by atoms with Crippen LogP contribution in [0.5, 0.6) is 0 Å². The van der Waals surface area contributed by atoms with Crippen molar-refractivity contribution in [1.29, 1.82) is 0 Å². The van der Waals surface area contributed by atoms with Crippen LogP contribution in [0, 0.1) is 5.82 Å². The number of nitrogens with zero attached hydrogens (tertiary/aromatic N) is 1. The summed E-state index contributed by atoms with van der Waals surface area (Å²) in [6.07, 6.45) is 5.24. The van der Waals surface area contributed by atoms with Gasteiger partial charge in [0.1, 0.15) is 5.82 Å². The van der Waals surface area contributed by atoms with Gasteiger partial charge in [-0.25, -0.2) is 4.39 Å². The van der Waals surface area contributed by atoms with E-state index in [1.165, 1.54) is 31.2 Å². The molecule has 0 aromatic heterocycles. The van der Waals surface area contributed by atoms with Crippen molar-refractivity contribution in [1.82, 2.24) is 10.2 Å². The summed E-state index contributed by atoms with van der Waals surface area (Å²) in [4.78, 5) is 2.56. The van der Waals surface area contributed by atoms with Crippen molar-refractivity contribution < 1.29 is 4.39 Å². The van der Waals surface area contributed by atoms with Gasteiger partial charge in [0.15, 0.2) is 0 Å². The monoisotopic (exact) mass is 354 g/mol. The summed E-state index contributed by atoms with van der Waals surface area (Å²) in [6, 6.07) is 5.37. The molecule has 1 aromatic rings. The SMILES string of the molecule is CC1(C)CNC2(CCCC2)CN1Cc1ccc(F)c(Br)c1. The molecule has 21 heavy (non-hydrogen) atoms. The molecule has 0 bridgehead atoms. The second kappa shape index (κ2) is 5.64. The van der Waals surface area contributed by atoms with Crippen molar-refractivity contribution in [3.8, 4) is 0 Å². The Morgan fingerprint density at radius 2 is 2.00 bits per heavy atom. The van der Waals surface area contributed by atoms with E-state index in [1.807, 2.05) is 12.1 Å². The van der Waals surface area contributed by atoms with Gasteiger partial charge in [0.2, 0.25) is 0 Å². The van der Waals surface area contributed by atoms with E-state index in [0.717, 1.165) is 19.6 Å². The quantitative estimate of drug-likeness (QED) is 0.860. The molecule has 4 heteroatoms. The van der Waals surface area contributed by atoms with Crippen molar-refractivity contribution in [3.05, 3.63) is 34.1 Å². The van der Waals surface area contributed by atoms with Crippen LogP contribution in [0.3, 0.4) is 0 Å². The van der Waals surface area contributed by atoms with E-state index in [2.05, 4.69) is 40.0 Å². The molecule has 0 amide bonds. The van der Waals surface area contributed by atoms with E-state index in [-0.39, 0.29) is 11.4 Å². The third-order valence-corrected chi connectivity index (χ3v) is 5.77. The number of rotatable bonds is 2. The zero-order chi connectivity index (χ0) is 15.1. The molecule has 1 aliphatic carbocycles. The summed E-state index contributed by atoms with van der Waals surface area (Å²) >= 11 is 3.29. The second-order valence-corrected chi connectivity index (χ2v) is 8.11. The van der Waals surface area contributed by atoms with Gasteiger partial charge in [-0.05, 0) is 60.3 Å². The fourth-order valence-corrected chi connectivity index (χ4v) is 4.09. The minimum Gasteiger partial charge on any atom is -0.308 e. The lowest BCUT2D eigenvalue weighted by Gasteiger charge is -2.51. The summed E-state index contributed by atoms with van der Waals surface area (Å²) in [5.74, 6) is -0.189. The van der Waals surface area contributed by atoms with Gasteiger partial charge < -0.3 is 5.32 Å². The molecule has 1 heterocycles. The number of nitrogens with one attached hydrogen (secondary N) is 1. The highest BCUT2D eigenvalue weighted by molar-refractivity contribution is 9.10. The van der Waals surface area contributed by atoms with Crippen LogP contribution >= 0.6 is 15.9 Å². The minimum atomic E-state index is -0.189. The Balaban J connectivity index is 1.78. The molecule has 116 valence electrons. The van der Waals surface area contributed by atoms with Crippen LogP contribution in [-0.4, -0.2) is 29.1 Å². The van der Waals surface area contributed by atoms with Crippen LogP contribution in [0.1, 0.15) is 45.1 Å². The third-order valence-electron chi connectivity index (χ3n) is 5.16. The average Bonchev–Trinajstić information content (AvgIpc) is 2.88. The Kier molecular flexibility index (Phi) is 4.15. The van der Waals surface area contributed by atoms with E-state index in [9.17, 15) is 4.39 Å². The standard InChI is InChI=1S/C17H24BrFN2/c1-16(2)11-20-17(7-3-4-8-17)12-21(16)10-13-5-6-15(19)14(18)9-13/h5-6,9,20H,3-4,7-8,10-12H2,1-2H3. The summed E-state index contributed by atoms with van der Waals surface area (Å²) in [6.45, 7) is 7.58. The molecule has 0 unspecified atom stereocenters. The first kappa shape index (κ1) is 15.4. The molecule has 1 aliphatic heterocycles. The summed E-state index contributed by atoms with van der Waals surface area (Å²) in [7, 11) is 0. The highest BCUT2D eigenvalue weighted by Crippen LogP contribution is 2.36.